The van der Waals surface area contributed by atoms with Crippen molar-refractivity contribution in [1.29, 1.82) is 0 Å². The molecule has 0 aromatic heterocycles. The first-order chi connectivity index (χ1) is 10.4. The van der Waals surface area contributed by atoms with Crippen LogP contribution in [0.5, 0.6) is 0 Å². The molecule has 0 radical (unpaired) electrons. The normalized spacial score (nSPS) is 24.0. The summed E-state index contributed by atoms with van der Waals surface area (Å²) in [6.45, 7) is 3.25. The fraction of sp³-hybridized carbons (Fsp3) is 0.900. The van der Waals surface area contributed by atoms with E-state index in [9.17, 15) is 0 Å². The van der Waals surface area contributed by atoms with E-state index >= 15 is 0 Å². The van der Waals surface area contributed by atoms with Gasteiger partial charge in [-0.15, -0.1) is 0 Å². The van der Waals surface area contributed by atoms with Crippen molar-refractivity contribution in [2.24, 2.45) is 0 Å². The van der Waals surface area contributed by atoms with Gasteiger partial charge in [0.25, 0.3) is 0 Å². The molecule has 0 atom stereocenters. The van der Waals surface area contributed by atoms with Crippen molar-refractivity contribution in [1.82, 2.24) is 0 Å². The van der Waals surface area contributed by atoms with Gasteiger partial charge in [0.2, 0.25) is 0 Å². The molecule has 0 aromatic carbocycles. The Kier molecular flexibility index (Phi) is 14.2. The fourth-order valence-electron chi connectivity index (χ4n) is 5.31. The van der Waals surface area contributed by atoms with Crippen molar-refractivity contribution in [3.8, 4) is 0 Å². The van der Waals surface area contributed by atoms with E-state index in [4.69, 9.17) is 4.79 Å². The molecule has 1 nitrogen and oxygen atoms in total. The zero-order valence-corrected chi connectivity index (χ0v) is 17.1. The van der Waals surface area contributed by atoms with Gasteiger partial charge in [0.05, 0.1) is 17.0 Å². The van der Waals surface area contributed by atoms with Crippen molar-refractivity contribution in [3.63, 3.8) is 0 Å². The predicted octanol–water partition coefficient (Wildman–Crippen LogP) is 6.37. The maximum atomic E-state index is 7.75. The van der Waals surface area contributed by atoms with Gasteiger partial charge in [0, 0.05) is 7.92 Å². The van der Waals surface area contributed by atoms with Crippen LogP contribution in [0.4, 0.5) is 0 Å². The van der Waals surface area contributed by atoms with E-state index in [1.807, 2.05) is 0 Å². The average Bonchev–Trinajstić information content (AvgIpc) is 2.60. The smallest absolute Gasteiger partial charge is 0.545 e. The SMILES string of the molecule is C1CCC([PH+](C2CCCCC2)C2CCCCC2)CC1.[CH-]=O.[CH3-].[Ni+2]. The van der Waals surface area contributed by atoms with E-state index in [1.54, 1.807) is 96.3 Å². The Bertz CT molecular complexity index is 226. The minimum Gasteiger partial charge on any atom is -0.545 e. The van der Waals surface area contributed by atoms with Crippen molar-refractivity contribution < 1.29 is 21.3 Å². The monoisotopic (exact) mass is 383 g/mol. The van der Waals surface area contributed by atoms with Gasteiger partial charge in [-0.25, -0.2) is 0 Å². The Morgan fingerprint density at radius 3 is 0.957 bits per heavy atom. The summed E-state index contributed by atoms with van der Waals surface area (Å²) in [6, 6.07) is 0. The van der Waals surface area contributed by atoms with E-state index in [-0.39, 0.29) is 31.8 Å². The summed E-state index contributed by atoms with van der Waals surface area (Å²) in [5, 5.41) is 0. The van der Waals surface area contributed by atoms with Gasteiger partial charge in [0.1, 0.15) is 0 Å². The van der Waals surface area contributed by atoms with Crippen LogP contribution >= 0.6 is 7.92 Å². The van der Waals surface area contributed by atoms with Crippen LogP contribution in [0.15, 0.2) is 0 Å². The van der Waals surface area contributed by atoms with Gasteiger partial charge in [-0.2, -0.15) is 0 Å². The molecule has 3 aliphatic rings. The molecule has 3 heteroatoms. The Labute approximate surface area is 156 Å². The molecular formula is C20H38NiOP+. The van der Waals surface area contributed by atoms with Gasteiger partial charge in [-0.1, -0.05) is 19.3 Å². The second-order valence-electron chi connectivity index (χ2n) is 7.50. The molecule has 0 N–H and O–H groups in total. The molecule has 0 saturated heterocycles. The summed E-state index contributed by atoms with van der Waals surface area (Å²) >= 11 is 0. The topological polar surface area (TPSA) is 17.1 Å². The molecule has 0 spiro atoms. The fourth-order valence-corrected chi connectivity index (χ4v) is 10.5. The first-order valence-corrected chi connectivity index (χ1v) is 11.3. The third kappa shape index (κ3) is 7.16. The minimum absolute atomic E-state index is 0. The third-order valence-electron chi connectivity index (χ3n) is 6.23. The van der Waals surface area contributed by atoms with E-state index in [1.165, 1.54) is 17.0 Å². The molecule has 0 heterocycles. The molecule has 0 aromatic rings. The zero-order valence-electron chi connectivity index (χ0n) is 15.1. The molecular weight excluding hydrogens is 346 g/mol. The minimum atomic E-state index is -0.0465. The molecule has 3 fully saturated rings. The Morgan fingerprint density at radius 1 is 0.522 bits per heavy atom. The number of hydrogen-bond donors (Lipinski definition) is 0. The summed E-state index contributed by atoms with van der Waals surface area (Å²) in [4.78, 5) is 7.75. The van der Waals surface area contributed by atoms with Crippen molar-refractivity contribution in [2.45, 2.75) is 113 Å². The first-order valence-electron chi connectivity index (χ1n) is 9.55. The van der Waals surface area contributed by atoms with Crippen LogP contribution in [0, 0.1) is 7.43 Å². The van der Waals surface area contributed by atoms with Crippen molar-refractivity contribution in [2.75, 3.05) is 0 Å². The summed E-state index contributed by atoms with van der Waals surface area (Å²) in [6.07, 6.45) is 23.8. The van der Waals surface area contributed by atoms with Crippen LogP contribution in [0.25, 0.3) is 0 Å². The van der Waals surface area contributed by atoms with Gasteiger partial charge in [0.15, 0.2) is 0 Å². The van der Waals surface area contributed by atoms with Gasteiger partial charge < -0.3 is 12.2 Å². The van der Waals surface area contributed by atoms with Crippen LogP contribution in [0.1, 0.15) is 96.3 Å². The molecule has 0 unspecified atom stereocenters. The summed E-state index contributed by atoms with van der Waals surface area (Å²) < 4.78 is 0. The zero-order chi connectivity index (χ0) is 14.9. The Morgan fingerprint density at radius 2 is 0.739 bits per heavy atom. The number of carbonyl (C=O) groups excluding carboxylic acids is 1. The van der Waals surface area contributed by atoms with Crippen LogP contribution in [0.2, 0.25) is 0 Å². The van der Waals surface area contributed by atoms with Gasteiger partial charge >= 0.3 is 16.5 Å². The predicted molar refractivity (Wildman–Crippen MR) is 102 cm³/mol. The molecule has 138 valence electrons. The first kappa shape index (κ1) is 23.6. The van der Waals surface area contributed by atoms with Crippen LogP contribution < -0.4 is 0 Å². The van der Waals surface area contributed by atoms with E-state index in [2.05, 4.69) is 6.79 Å². The summed E-state index contributed by atoms with van der Waals surface area (Å²) in [5.41, 5.74) is 3.68. The molecule has 0 aliphatic heterocycles. The van der Waals surface area contributed by atoms with Gasteiger partial charge in [-0.3, -0.25) is 6.79 Å². The second kappa shape index (κ2) is 13.8. The molecule has 3 rings (SSSR count). The van der Waals surface area contributed by atoms with Crippen LogP contribution in [-0.4, -0.2) is 23.8 Å². The van der Waals surface area contributed by atoms with E-state index in [0.29, 0.717) is 0 Å². The maximum Gasteiger partial charge on any atom is 2.00 e. The summed E-state index contributed by atoms with van der Waals surface area (Å²) in [7, 11) is -0.0465. The molecule has 0 amide bonds. The molecule has 0 bridgehead atoms. The largest absolute Gasteiger partial charge is 2.00 e. The Hall–Kier alpha value is 0.594. The van der Waals surface area contributed by atoms with E-state index < -0.39 is 0 Å². The molecule has 3 saturated carbocycles. The second-order valence-corrected chi connectivity index (χ2v) is 11.0. The van der Waals surface area contributed by atoms with E-state index in [0.717, 1.165) is 0 Å². The molecule has 23 heavy (non-hydrogen) atoms. The standard InChI is InChI=1S/C18H33P.CHO.CH3.Ni/c1-4-10-16(11-5-1)19(17-12-6-2-7-13-17)18-14-8-3-9-15-18;1-2;;/h16-18H,1-15H2;1H;1H3;/q;2*-1;+2/p+1. The van der Waals surface area contributed by atoms with Crippen molar-refractivity contribution >= 4 is 14.7 Å². The van der Waals surface area contributed by atoms with Crippen LogP contribution in [-0.2, 0) is 21.3 Å². The van der Waals surface area contributed by atoms with Crippen LogP contribution in [0.3, 0.4) is 0 Å². The van der Waals surface area contributed by atoms with Crippen molar-refractivity contribution in [3.05, 3.63) is 7.43 Å². The average molecular weight is 384 g/mol. The number of hydrogen-bond acceptors (Lipinski definition) is 1. The third-order valence-corrected chi connectivity index (χ3v) is 10.8. The molecule has 3 aliphatic carbocycles. The number of rotatable bonds is 3. The Balaban J connectivity index is 0.00000117. The summed E-state index contributed by atoms with van der Waals surface area (Å²) in [5.74, 6) is 0. The quantitative estimate of drug-likeness (QED) is 0.239. The maximum absolute atomic E-state index is 7.75. The van der Waals surface area contributed by atoms with Gasteiger partial charge in [-0.05, 0) is 77.0 Å².